The Morgan fingerprint density at radius 2 is 1.73 bits per heavy atom. The van der Waals surface area contributed by atoms with E-state index in [0.29, 0.717) is 5.75 Å². The zero-order chi connectivity index (χ0) is 16.5. The smallest absolute Gasteiger partial charge is 0.264 e. The van der Waals surface area contributed by atoms with Gasteiger partial charge in [0.05, 0.1) is 11.6 Å². The van der Waals surface area contributed by atoms with Crippen LogP contribution in [-0.4, -0.2) is 15.5 Å². The van der Waals surface area contributed by atoms with Crippen molar-refractivity contribution in [3.05, 3.63) is 52.0 Å². The molecule has 0 bridgehead atoms. The van der Waals surface area contributed by atoms with Crippen LogP contribution in [0.3, 0.4) is 0 Å². The predicted octanol–water partition coefficient (Wildman–Crippen LogP) is 3.85. The standard InChI is InChI=1S/C14H12BrF2NO3S/c1-8-13(16)11(15)7-12(14(8)17)22(19,20)18-9-3-5-10(21-2)6-4-9/h3-7,18H,1-2H3. The van der Waals surface area contributed by atoms with Gasteiger partial charge in [-0.2, -0.15) is 0 Å². The number of methoxy groups -OCH3 is 1. The van der Waals surface area contributed by atoms with Gasteiger partial charge in [0.15, 0.2) is 0 Å². The molecule has 22 heavy (non-hydrogen) atoms. The minimum atomic E-state index is -4.19. The third kappa shape index (κ3) is 3.22. The lowest BCUT2D eigenvalue weighted by molar-refractivity contribution is 0.415. The van der Waals surface area contributed by atoms with Crippen LogP contribution in [-0.2, 0) is 10.0 Å². The molecule has 4 nitrogen and oxygen atoms in total. The zero-order valence-corrected chi connectivity index (χ0v) is 14.1. The molecule has 0 atom stereocenters. The van der Waals surface area contributed by atoms with Crippen molar-refractivity contribution in [3.63, 3.8) is 0 Å². The number of benzene rings is 2. The van der Waals surface area contributed by atoms with E-state index in [1.165, 1.54) is 26.2 Å². The van der Waals surface area contributed by atoms with Crippen LogP contribution >= 0.6 is 15.9 Å². The van der Waals surface area contributed by atoms with Crippen LogP contribution in [0.2, 0.25) is 0 Å². The van der Waals surface area contributed by atoms with Gasteiger partial charge in [0.2, 0.25) is 0 Å². The molecule has 0 aliphatic carbocycles. The molecule has 118 valence electrons. The van der Waals surface area contributed by atoms with Crippen molar-refractivity contribution in [1.82, 2.24) is 0 Å². The molecule has 0 radical (unpaired) electrons. The van der Waals surface area contributed by atoms with E-state index in [1.807, 2.05) is 0 Å². The number of hydrogen-bond donors (Lipinski definition) is 1. The Kier molecular flexibility index (Phi) is 4.72. The number of rotatable bonds is 4. The third-order valence-corrected chi connectivity index (χ3v) is 4.93. The highest BCUT2D eigenvalue weighted by atomic mass is 79.9. The van der Waals surface area contributed by atoms with Gasteiger partial charge < -0.3 is 4.74 Å². The summed E-state index contributed by atoms with van der Waals surface area (Å²) in [5, 5.41) is 0. The first-order valence-corrected chi connectivity index (χ1v) is 8.35. The molecule has 1 N–H and O–H groups in total. The summed E-state index contributed by atoms with van der Waals surface area (Å²) in [7, 11) is -2.71. The molecule has 0 fully saturated rings. The largest absolute Gasteiger partial charge is 0.497 e. The van der Waals surface area contributed by atoms with Crippen molar-refractivity contribution in [2.75, 3.05) is 11.8 Å². The van der Waals surface area contributed by atoms with Crippen LogP contribution < -0.4 is 9.46 Å². The molecule has 2 aromatic rings. The summed E-state index contributed by atoms with van der Waals surface area (Å²) in [5.74, 6) is -1.41. The maximum Gasteiger partial charge on any atom is 0.264 e. The molecule has 2 aromatic carbocycles. The van der Waals surface area contributed by atoms with E-state index in [1.54, 1.807) is 12.1 Å². The summed E-state index contributed by atoms with van der Waals surface area (Å²) in [6.07, 6.45) is 0. The molecule has 0 aliphatic rings. The number of ether oxygens (including phenoxy) is 1. The third-order valence-electron chi connectivity index (χ3n) is 2.97. The normalized spacial score (nSPS) is 11.3. The van der Waals surface area contributed by atoms with Crippen molar-refractivity contribution < 1.29 is 21.9 Å². The number of halogens is 3. The van der Waals surface area contributed by atoms with E-state index < -0.39 is 26.6 Å². The summed E-state index contributed by atoms with van der Waals surface area (Å²) < 4.78 is 59.2. The first kappa shape index (κ1) is 16.7. The van der Waals surface area contributed by atoms with Gasteiger partial charge >= 0.3 is 0 Å². The second kappa shape index (κ2) is 6.21. The average molecular weight is 392 g/mol. The van der Waals surface area contributed by atoms with E-state index in [4.69, 9.17) is 4.74 Å². The second-order valence-electron chi connectivity index (χ2n) is 4.44. The van der Waals surface area contributed by atoms with Crippen LogP contribution in [0.1, 0.15) is 5.56 Å². The summed E-state index contributed by atoms with van der Waals surface area (Å²) >= 11 is 2.88. The summed E-state index contributed by atoms with van der Waals surface area (Å²) in [5.41, 5.74) is -0.136. The molecule has 0 heterocycles. The van der Waals surface area contributed by atoms with Crippen LogP contribution in [0.25, 0.3) is 0 Å². The van der Waals surface area contributed by atoms with Crippen LogP contribution in [0.15, 0.2) is 39.7 Å². The van der Waals surface area contributed by atoms with Gasteiger partial charge in [-0.1, -0.05) is 0 Å². The van der Waals surface area contributed by atoms with Crippen molar-refractivity contribution in [1.29, 1.82) is 0 Å². The Labute approximate surface area is 135 Å². The molecule has 8 heteroatoms. The van der Waals surface area contributed by atoms with E-state index in [9.17, 15) is 17.2 Å². The maximum atomic E-state index is 14.1. The van der Waals surface area contributed by atoms with E-state index in [2.05, 4.69) is 20.7 Å². The highest BCUT2D eigenvalue weighted by Gasteiger charge is 2.24. The molecule has 0 amide bonds. The van der Waals surface area contributed by atoms with Gasteiger partial charge in [0.25, 0.3) is 10.0 Å². The van der Waals surface area contributed by atoms with E-state index in [0.717, 1.165) is 6.07 Å². The predicted molar refractivity (Wildman–Crippen MR) is 82.6 cm³/mol. The molecule has 2 rings (SSSR count). The van der Waals surface area contributed by atoms with E-state index >= 15 is 0 Å². The Bertz CT molecular complexity index is 808. The van der Waals surface area contributed by atoms with Crippen LogP contribution in [0.4, 0.5) is 14.5 Å². The van der Waals surface area contributed by atoms with E-state index in [-0.39, 0.29) is 15.7 Å². The Balaban J connectivity index is 2.42. The fraction of sp³-hybridized carbons (Fsp3) is 0.143. The maximum absolute atomic E-state index is 14.1. The Hall–Kier alpha value is -1.67. The lowest BCUT2D eigenvalue weighted by atomic mass is 10.2. The van der Waals surface area contributed by atoms with Gasteiger partial charge in [0, 0.05) is 11.3 Å². The molecule has 0 aliphatic heterocycles. The zero-order valence-electron chi connectivity index (χ0n) is 11.7. The highest BCUT2D eigenvalue weighted by molar-refractivity contribution is 9.10. The minimum Gasteiger partial charge on any atom is -0.497 e. The lowest BCUT2D eigenvalue weighted by Gasteiger charge is -2.12. The van der Waals surface area contributed by atoms with Gasteiger partial charge in [-0.05, 0) is 53.2 Å². The Morgan fingerprint density at radius 1 is 1.14 bits per heavy atom. The monoisotopic (exact) mass is 391 g/mol. The lowest BCUT2D eigenvalue weighted by Crippen LogP contribution is -2.16. The molecule has 0 spiro atoms. The van der Waals surface area contributed by atoms with Crippen LogP contribution in [0, 0.1) is 18.6 Å². The van der Waals surface area contributed by atoms with Gasteiger partial charge in [0.1, 0.15) is 22.3 Å². The molecule has 0 saturated carbocycles. The van der Waals surface area contributed by atoms with Gasteiger partial charge in [-0.25, -0.2) is 17.2 Å². The second-order valence-corrected chi connectivity index (χ2v) is 6.95. The van der Waals surface area contributed by atoms with Crippen molar-refractivity contribution in [3.8, 4) is 5.75 Å². The van der Waals surface area contributed by atoms with Gasteiger partial charge in [-0.15, -0.1) is 0 Å². The fourth-order valence-corrected chi connectivity index (χ4v) is 3.66. The molecular weight excluding hydrogens is 380 g/mol. The van der Waals surface area contributed by atoms with Crippen molar-refractivity contribution >= 4 is 31.6 Å². The topological polar surface area (TPSA) is 55.4 Å². The first-order chi connectivity index (χ1) is 10.3. The number of anilines is 1. The summed E-state index contributed by atoms with van der Waals surface area (Å²) in [4.78, 5) is -0.630. The molecule has 0 aromatic heterocycles. The SMILES string of the molecule is COc1ccc(NS(=O)(=O)c2cc(Br)c(F)c(C)c2F)cc1. The number of nitrogens with one attached hydrogen (secondary N) is 1. The minimum absolute atomic E-state index is 0.124. The fourth-order valence-electron chi connectivity index (χ4n) is 1.77. The van der Waals surface area contributed by atoms with Crippen LogP contribution in [0.5, 0.6) is 5.75 Å². The average Bonchev–Trinajstić information content (AvgIpc) is 2.49. The number of hydrogen-bond acceptors (Lipinski definition) is 3. The van der Waals surface area contributed by atoms with Gasteiger partial charge in [-0.3, -0.25) is 4.72 Å². The summed E-state index contributed by atoms with van der Waals surface area (Å²) in [6, 6.07) is 6.95. The number of sulfonamides is 1. The first-order valence-electron chi connectivity index (χ1n) is 6.07. The Morgan fingerprint density at radius 3 is 2.27 bits per heavy atom. The molecule has 0 unspecified atom stereocenters. The van der Waals surface area contributed by atoms with Crippen molar-refractivity contribution in [2.24, 2.45) is 0 Å². The molecule has 0 saturated heterocycles. The van der Waals surface area contributed by atoms with Crippen molar-refractivity contribution in [2.45, 2.75) is 11.8 Å². The molecular formula is C14H12BrF2NO3S. The highest BCUT2D eigenvalue weighted by Crippen LogP contribution is 2.28. The quantitative estimate of drug-likeness (QED) is 0.805. The summed E-state index contributed by atoms with van der Waals surface area (Å²) in [6.45, 7) is 1.17.